The molecule has 1 aromatic heterocycles. The van der Waals surface area contributed by atoms with Crippen LogP contribution in [-0.2, 0) is 13.6 Å². The minimum Gasteiger partial charge on any atom is -0.306 e. The Morgan fingerprint density at radius 2 is 1.90 bits per heavy atom. The lowest BCUT2D eigenvalue weighted by Gasteiger charge is -2.12. The summed E-state index contributed by atoms with van der Waals surface area (Å²) in [5.74, 6) is 1.51. The highest BCUT2D eigenvalue weighted by atomic mass is 31.2. The second kappa shape index (κ2) is 6.80. The Morgan fingerprint density at radius 3 is 2.60 bits per heavy atom. The van der Waals surface area contributed by atoms with Crippen molar-refractivity contribution < 1.29 is 13.6 Å². The number of hydrogen-bond acceptors (Lipinski definition) is 4. The highest BCUT2D eigenvalue weighted by Gasteiger charge is 2.18. The number of aromatic nitrogens is 1. The first-order valence-electron chi connectivity index (χ1n) is 6.58. The second-order valence-electron chi connectivity index (χ2n) is 4.17. The Bertz CT molecular complexity index is 644. The topological polar surface area (TPSA) is 48.4 Å². The summed E-state index contributed by atoms with van der Waals surface area (Å²) in [4.78, 5) is 4.09. The van der Waals surface area contributed by atoms with E-state index in [-0.39, 0.29) is 0 Å². The molecule has 0 fully saturated rings. The Labute approximate surface area is 119 Å². The first-order chi connectivity index (χ1) is 9.67. The van der Waals surface area contributed by atoms with Gasteiger partial charge in [0.2, 0.25) is 0 Å². The fourth-order valence-corrected chi connectivity index (χ4v) is 3.19. The molecule has 0 aliphatic rings. The second-order valence-corrected chi connectivity index (χ2v) is 6.07. The van der Waals surface area contributed by atoms with Crippen molar-refractivity contribution in [1.29, 1.82) is 0 Å². The van der Waals surface area contributed by atoms with E-state index >= 15 is 0 Å². The number of rotatable bonds is 6. The first-order valence-corrected chi connectivity index (χ1v) is 8.20. The molecule has 2 aromatic rings. The van der Waals surface area contributed by atoms with Gasteiger partial charge in [0.15, 0.2) is 0 Å². The zero-order chi connectivity index (χ0) is 14.4. The smallest absolute Gasteiger partial charge is 0.306 e. The maximum Gasteiger partial charge on any atom is 0.354 e. The van der Waals surface area contributed by atoms with Crippen LogP contribution in [0.25, 0.3) is 16.8 Å². The molecule has 0 saturated carbocycles. The van der Waals surface area contributed by atoms with Crippen molar-refractivity contribution in [1.82, 2.24) is 4.98 Å². The molecule has 1 aromatic carbocycles. The van der Waals surface area contributed by atoms with E-state index in [0.717, 1.165) is 16.3 Å². The molecule has 0 saturated heterocycles. The third kappa shape index (κ3) is 3.76. The summed E-state index contributed by atoms with van der Waals surface area (Å²) >= 11 is 0. The first kappa shape index (κ1) is 14.9. The monoisotopic (exact) mass is 291 g/mol. The highest BCUT2D eigenvalue weighted by Crippen LogP contribution is 2.50. The van der Waals surface area contributed by atoms with Gasteiger partial charge >= 0.3 is 7.60 Å². The van der Waals surface area contributed by atoms with Gasteiger partial charge in [-0.1, -0.05) is 12.1 Å². The van der Waals surface area contributed by atoms with E-state index in [9.17, 15) is 4.57 Å². The summed E-state index contributed by atoms with van der Waals surface area (Å²) < 4.78 is 22.7. The van der Waals surface area contributed by atoms with Crippen LogP contribution >= 0.6 is 7.60 Å². The lowest BCUT2D eigenvalue weighted by atomic mass is 10.1. The van der Waals surface area contributed by atoms with Crippen LogP contribution in [0.2, 0.25) is 0 Å². The molecule has 0 radical (unpaired) electrons. The standard InChI is InChI=1S/C15H18NO3P/c1-3-18-20(17,19-4-2)10-8-13-5-6-14-7-9-16-12-15(14)11-13/h5-12H,3-4H2,1-2H3/b10-8+. The van der Waals surface area contributed by atoms with Gasteiger partial charge in [0.25, 0.3) is 0 Å². The Morgan fingerprint density at radius 1 is 1.15 bits per heavy atom. The molecule has 2 rings (SSSR count). The molecule has 106 valence electrons. The maximum atomic E-state index is 12.3. The van der Waals surface area contributed by atoms with Crippen LogP contribution in [0.1, 0.15) is 19.4 Å². The average Bonchev–Trinajstić information content (AvgIpc) is 2.46. The number of nitrogens with zero attached hydrogens (tertiary/aromatic N) is 1. The minimum atomic E-state index is -3.14. The Kier molecular flexibility index (Phi) is 5.07. The zero-order valence-corrected chi connectivity index (χ0v) is 12.5. The molecule has 0 amide bonds. The molecule has 0 atom stereocenters. The fraction of sp³-hybridized carbons (Fsp3) is 0.267. The molecule has 1 heterocycles. The molecule has 4 nitrogen and oxygen atoms in total. The van der Waals surface area contributed by atoms with Crippen molar-refractivity contribution in [3.05, 3.63) is 48.0 Å². The van der Waals surface area contributed by atoms with E-state index in [0.29, 0.717) is 13.2 Å². The third-order valence-electron chi connectivity index (χ3n) is 2.73. The molecule has 0 aliphatic heterocycles. The SMILES string of the molecule is CCOP(=O)(/C=C/c1ccc2ccncc2c1)OCC. The minimum absolute atomic E-state index is 0.350. The van der Waals surface area contributed by atoms with Crippen molar-refractivity contribution in [3.63, 3.8) is 0 Å². The van der Waals surface area contributed by atoms with Crippen molar-refractivity contribution in [2.75, 3.05) is 13.2 Å². The molecule has 0 aliphatic carbocycles. The zero-order valence-electron chi connectivity index (χ0n) is 11.7. The van der Waals surface area contributed by atoms with Crippen LogP contribution in [0.15, 0.2) is 42.5 Å². The van der Waals surface area contributed by atoms with E-state index in [1.807, 2.05) is 24.3 Å². The predicted molar refractivity (Wildman–Crippen MR) is 81.6 cm³/mol. The predicted octanol–water partition coefficient (Wildman–Crippen LogP) is 4.47. The van der Waals surface area contributed by atoms with Gasteiger partial charge in [-0.25, -0.2) is 0 Å². The van der Waals surface area contributed by atoms with Crippen molar-refractivity contribution in [3.8, 4) is 0 Å². The van der Waals surface area contributed by atoms with Crippen LogP contribution < -0.4 is 0 Å². The third-order valence-corrected chi connectivity index (χ3v) is 4.48. The molecule has 0 bridgehead atoms. The summed E-state index contributed by atoms with van der Waals surface area (Å²) in [7, 11) is -3.14. The molecule has 0 spiro atoms. The molecule has 20 heavy (non-hydrogen) atoms. The summed E-state index contributed by atoms with van der Waals surface area (Å²) in [5, 5.41) is 2.16. The van der Waals surface area contributed by atoms with Crippen LogP contribution in [-0.4, -0.2) is 18.2 Å². The summed E-state index contributed by atoms with van der Waals surface area (Å²) in [6.07, 6.45) is 5.33. The summed E-state index contributed by atoms with van der Waals surface area (Å²) in [5.41, 5.74) is 0.935. The van der Waals surface area contributed by atoms with Gasteiger partial charge in [0.05, 0.1) is 13.2 Å². The van der Waals surface area contributed by atoms with Crippen LogP contribution in [0, 0.1) is 0 Å². The van der Waals surface area contributed by atoms with Gasteiger partial charge in [-0.15, -0.1) is 0 Å². The normalized spacial score (nSPS) is 12.3. The van der Waals surface area contributed by atoms with Crippen LogP contribution in [0.3, 0.4) is 0 Å². The van der Waals surface area contributed by atoms with Gasteiger partial charge in [-0.3, -0.25) is 9.55 Å². The van der Waals surface area contributed by atoms with Gasteiger partial charge in [0.1, 0.15) is 0 Å². The number of benzene rings is 1. The van der Waals surface area contributed by atoms with E-state index in [4.69, 9.17) is 9.05 Å². The maximum absolute atomic E-state index is 12.3. The van der Waals surface area contributed by atoms with E-state index in [1.165, 1.54) is 5.82 Å². The fourth-order valence-electron chi connectivity index (χ4n) is 1.87. The number of pyridine rings is 1. The quantitative estimate of drug-likeness (QED) is 0.737. The van der Waals surface area contributed by atoms with Crippen LogP contribution in [0.4, 0.5) is 0 Å². The van der Waals surface area contributed by atoms with Crippen molar-refractivity contribution in [2.45, 2.75) is 13.8 Å². The number of fused-ring (bicyclic) bond motifs is 1. The Hall–Kier alpha value is -1.48. The van der Waals surface area contributed by atoms with Gasteiger partial charge in [-0.05, 0) is 43.0 Å². The van der Waals surface area contributed by atoms with Crippen molar-refractivity contribution in [2.24, 2.45) is 0 Å². The summed E-state index contributed by atoms with van der Waals surface area (Å²) in [6, 6.07) is 7.90. The van der Waals surface area contributed by atoms with Gasteiger partial charge in [-0.2, -0.15) is 0 Å². The molecule has 0 unspecified atom stereocenters. The van der Waals surface area contributed by atoms with E-state index in [2.05, 4.69) is 4.98 Å². The molecule has 5 heteroatoms. The molecular formula is C15H18NO3P. The molecule has 0 N–H and O–H groups in total. The van der Waals surface area contributed by atoms with Gasteiger partial charge < -0.3 is 9.05 Å². The lowest BCUT2D eigenvalue weighted by molar-refractivity contribution is 0.229. The largest absolute Gasteiger partial charge is 0.354 e. The van der Waals surface area contributed by atoms with Crippen molar-refractivity contribution >= 4 is 24.4 Å². The average molecular weight is 291 g/mol. The number of hydrogen-bond donors (Lipinski definition) is 0. The van der Waals surface area contributed by atoms with E-state index < -0.39 is 7.60 Å². The van der Waals surface area contributed by atoms with Gasteiger partial charge in [0, 0.05) is 23.6 Å². The summed E-state index contributed by atoms with van der Waals surface area (Å²) in [6.45, 7) is 4.29. The highest BCUT2D eigenvalue weighted by molar-refractivity contribution is 7.57. The molecular weight excluding hydrogens is 273 g/mol. The van der Waals surface area contributed by atoms with E-state index in [1.54, 1.807) is 32.3 Å². The lowest BCUT2D eigenvalue weighted by Crippen LogP contribution is -1.92. The van der Waals surface area contributed by atoms with Crippen LogP contribution in [0.5, 0.6) is 0 Å². The Balaban J connectivity index is 2.25.